The van der Waals surface area contributed by atoms with Gasteiger partial charge in [0.05, 0.1) is 5.69 Å². The first-order chi connectivity index (χ1) is 31.8. The molecule has 0 aliphatic heterocycles. The van der Waals surface area contributed by atoms with Crippen LogP contribution in [-0.2, 0) is 0 Å². The van der Waals surface area contributed by atoms with Gasteiger partial charge in [0.25, 0.3) is 0 Å². The Morgan fingerprint density at radius 1 is 0.344 bits per heavy atom. The minimum Gasteiger partial charge on any atom is -0.453 e. The highest BCUT2D eigenvalue weighted by Gasteiger charge is 2.41. The summed E-state index contributed by atoms with van der Waals surface area (Å²) >= 11 is 1.77. The van der Waals surface area contributed by atoms with Gasteiger partial charge in [-0.2, -0.15) is 0 Å². The predicted molar refractivity (Wildman–Crippen MR) is 273 cm³/mol. The third kappa shape index (κ3) is 7.13. The minimum absolute atomic E-state index is 0.845. The zero-order valence-corrected chi connectivity index (χ0v) is 36.9. The molecule has 1 aromatic heterocycles. The van der Waals surface area contributed by atoms with Gasteiger partial charge >= 0.3 is 0 Å². The molecule has 0 saturated heterocycles. The molecule has 4 heteroatoms. The molecule has 0 amide bonds. The first-order valence-corrected chi connectivity index (χ1v) is 24.6. The average molecular weight is 854 g/mol. The lowest BCUT2D eigenvalue weighted by Crippen LogP contribution is -2.74. The molecule has 64 heavy (non-hydrogen) atoms. The molecule has 0 aliphatic rings. The van der Waals surface area contributed by atoms with Gasteiger partial charge in [0.1, 0.15) is 5.58 Å². The van der Waals surface area contributed by atoms with E-state index >= 15 is 0 Å². The van der Waals surface area contributed by atoms with E-state index in [1.165, 1.54) is 36.8 Å². The van der Waals surface area contributed by atoms with E-state index in [1.807, 2.05) is 0 Å². The number of rotatable bonds is 11. The first kappa shape index (κ1) is 39.2. The molecule has 0 radical (unpaired) electrons. The van der Waals surface area contributed by atoms with E-state index in [2.05, 4.69) is 266 Å². The zero-order chi connectivity index (χ0) is 42.7. The Morgan fingerprint density at radius 3 is 1.34 bits per heavy atom. The van der Waals surface area contributed by atoms with Gasteiger partial charge in [0.15, 0.2) is 13.7 Å². The summed E-state index contributed by atoms with van der Waals surface area (Å²) in [5.41, 5.74) is 9.33. The molecule has 10 aromatic carbocycles. The van der Waals surface area contributed by atoms with Gasteiger partial charge in [-0.3, -0.25) is 0 Å². The van der Waals surface area contributed by atoms with Crippen molar-refractivity contribution in [1.29, 1.82) is 0 Å². The van der Waals surface area contributed by atoms with Crippen LogP contribution in [0.1, 0.15) is 0 Å². The molecule has 0 saturated carbocycles. The monoisotopic (exact) mass is 853 g/mol. The van der Waals surface area contributed by atoms with Crippen LogP contribution in [0, 0.1) is 0 Å². The van der Waals surface area contributed by atoms with Crippen molar-refractivity contribution < 1.29 is 4.42 Å². The summed E-state index contributed by atoms with van der Waals surface area (Å²) in [5, 5.41) is 7.55. The fraction of sp³-hybridized carbons (Fsp3) is 0. The fourth-order valence-electron chi connectivity index (χ4n) is 9.37. The normalized spacial score (nSPS) is 11.5. The third-order valence-corrected chi connectivity index (χ3v) is 18.2. The topological polar surface area (TPSA) is 16.4 Å². The quantitative estimate of drug-likeness (QED) is 0.0953. The summed E-state index contributed by atoms with van der Waals surface area (Å²) < 4.78 is 7.27. The van der Waals surface area contributed by atoms with Gasteiger partial charge in [0.2, 0.25) is 0 Å². The average Bonchev–Trinajstić information content (AvgIpc) is 3.78. The van der Waals surface area contributed by atoms with Gasteiger partial charge in [0, 0.05) is 37.5 Å². The second-order valence-corrected chi connectivity index (χ2v) is 20.9. The van der Waals surface area contributed by atoms with Crippen molar-refractivity contribution in [3.05, 3.63) is 261 Å². The first-order valence-electron chi connectivity index (χ1n) is 21.7. The number of benzene rings is 10. The van der Waals surface area contributed by atoms with Crippen molar-refractivity contribution in [2.75, 3.05) is 4.90 Å². The molecule has 0 N–H and O–H groups in total. The van der Waals surface area contributed by atoms with E-state index in [0.29, 0.717) is 0 Å². The summed E-state index contributed by atoms with van der Waals surface area (Å²) in [6, 6.07) is 94.5. The van der Waals surface area contributed by atoms with Crippen molar-refractivity contribution in [1.82, 2.24) is 0 Å². The lowest BCUT2D eigenvalue weighted by Gasteiger charge is -2.35. The van der Waals surface area contributed by atoms with Gasteiger partial charge in [-0.15, -0.1) is 0 Å². The largest absolute Gasteiger partial charge is 0.453 e. The standard InChI is InChI=1S/C60H43NOSSi/c1-7-20-44(21-8-1)45-34-36-47(37-35-45)61(48-38-40-53(41-39-48)64(50-26-13-4-14-27-50,51-28-15-5-16-29-51)52-30-17-6-18-31-52)56-42-43-57(63-49-24-11-3-12-25-49)58-55-33-19-32-54(59(55)62-60(56)58)46-22-9-2-10-23-46/h1-43H. The van der Waals surface area contributed by atoms with Crippen molar-refractivity contribution in [3.63, 3.8) is 0 Å². The van der Waals surface area contributed by atoms with Crippen LogP contribution in [0.3, 0.4) is 0 Å². The maximum absolute atomic E-state index is 7.27. The van der Waals surface area contributed by atoms with Crippen LogP contribution in [-0.4, -0.2) is 8.07 Å². The van der Waals surface area contributed by atoms with E-state index in [0.717, 1.165) is 55.0 Å². The molecule has 0 unspecified atom stereocenters. The van der Waals surface area contributed by atoms with Crippen molar-refractivity contribution in [2.45, 2.75) is 9.79 Å². The number of nitrogens with zero attached hydrogens (tertiary/aromatic N) is 1. The van der Waals surface area contributed by atoms with Crippen LogP contribution < -0.4 is 25.6 Å². The molecule has 1 heterocycles. The van der Waals surface area contributed by atoms with Crippen LogP contribution in [0.15, 0.2) is 275 Å². The molecular formula is C60H43NOSSi. The highest BCUT2D eigenvalue weighted by atomic mass is 32.2. The SMILES string of the molecule is c1ccc(Sc2ccc(N(c3ccc(-c4ccccc4)cc3)c3ccc([Si](c4ccccc4)(c4ccccc4)c4ccccc4)cc3)c3oc4c(-c5ccccc5)cccc4c23)cc1. The Morgan fingerprint density at radius 2 is 0.797 bits per heavy atom. The molecule has 0 aliphatic carbocycles. The summed E-state index contributed by atoms with van der Waals surface area (Å²) in [5.74, 6) is 0. The summed E-state index contributed by atoms with van der Waals surface area (Å²) in [4.78, 5) is 4.70. The number of para-hydroxylation sites is 1. The zero-order valence-electron chi connectivity index (χ0n) is 35.1. The molecule has 0 atom stereocenters. The molecule has 0 fully saturated rings. The van der Waals surface area contributed by atoms with Gasteiger partial charge < -0.3 is 9.32 Å². The van der Waals surface area contributed by atoms with Gasteiger partial charge in [-0.25, -0.2) is 0 Å². The summed E-state index contributed by atoms with van der Waals surface area (Å²) in [6.07, 6.45) is 0. The number of hydrogen-bond acceptors (Lipinski definition) is 3. The molecule has 0 spiro atoms. The molecular weight excluding hydrogens is 811 g/mol. The van der Waals surface area contributed by atoms with Crippen molar-refractivity contribution in [3.8, 4) is 22.3 Å². The Balaban J connectivity index is 1.14. The van der Waals surface area contributed by atoms with Gasteiger partial charge in [-0.05, 0) is 86.0 Å². The van der Waals surface area contributed by atoms with E-state index in [-0.39, 0.29) is 0 Å². The Bertz CT molecular complexity index is 3210. The highest BCUT2D eigenvalue weighted by Crippen LogP contribution is 2.48. The van der Waals surface area contributed by atoms with E-state index in [9.17, 15) is 0 Å². The lowest BCUT2D eigenvalue weighted by molar-refractivity contribution is 0.669. The third-order valence-electron chi connectivity index (χ3n) is 12.3. The Hall–Kier alpha value is -7.63. The lowest BCUT2D eigenvalue weighted by atomic mass is 10.0. The van der Waals surface area contributed by atoms with Crippen molar-refractivity contribution in [2.24, 2.45) is 0 Å². The molecule has 304 valence electrons. The van der Waals surface area contributed by atoms with Crippen LogP contribution in [0.5, 0.6) is 0 Å². The number of anilines is 3. The minimum atomic E-state index is -2.75. The molecule has 0 bridgehead atoms. The maximum Gasteiger partial charge on any atom is 0.179 e. The Labute approximate surface area is 379 Å². The number of fused-ring (bicyclic) bond motifs is 3. The van der Waals surface area contributed by atoms with Crippen LogP contribution >= 0.6 is 11.8 Å². The van der Waals surface area contributed by atoms with Crippen molar-refractivity contribution >= 4 is 79.6 Å². The molecule has 11 aromatic rings. The molecule has 11 rings (SSSR count). The second-order valence-electron chi connectivity index (χ2n) is 16.0. The highest BCUT2D eigenvalue weighted by molar-refractivity contribution is 7.99. The smallest absolute Gasteiger partial charge is 0.179 e. The second kappa shape index (κ2) is 17.3. The predicted octanol–water partition coefficient (Wildman–Crippen LogP) is 13.9. The van der Waals surface area contributed by atoms with Crippen LogP contribution in [0.2, 0.25) is 0 Å². The summed E-state index contributed by atoms with van der Waals surface area (Å²) in [7, 11) is -2.75. The summed E-state index contributed by atoms with van der Waals surface area (Å²) in [6.45, 7) is 0. The van der Waals surface area contributed by atoms with E-state index in [1.54, 1.807) is 11.8 Å². The Kier molecular flexibility index (Phi) is 10.6. The van der Waals surface area contributed by atoms with E-state index in [4.69, 9.17) is 4.42 Å². The molecule has 2 nitrogen and oxygen atoms in total. The van der Waals surface area contributed by atoms with Gasteiger partial charge in [-0.1, -0.05) is 224 Å². The maximum atomic E-state index is 7.27. The number of furan rings is 1. The van der Waals surface area contributed by atoms with E-state index < -0.39 is 8.07 Å². The van der Waals surface area contributed by atoms with Crippen LogP contribution in [0.25, 0.3) is 44.2 Å². The fourth-order valence-corrected chi connectivity index (χ4v) is 15.1. The van der Waals surface area contributed by atoms with Crippen LogP contribution in [0.4, 0.5) is 17.1 Å². The number of hydrogen-bond donors (Lipinski definition) is 0.